The number of aryl methyl sites for hydroxylation is 1. The summed E-state index contributed by atoms with van der Waals surface area (Å²) < 4.78 is 40.0. The zero-order valence-corrected chi connectivity index (χ0v) is 8.29. The van der Waals surface area contributed by atoms with Crippen molar-refractivity contribution in [1.29, 1.82) is 0 Å². The molecule has 0 aliphatic carbocycles. The Labute approximate surface area is 85.7 Å². The van der Waals surface area contributed by atoms with E-state index < -0.39 is 17.3 Å². The van der Waals surface area contributed by atoms with Gasteiger partial charge < -0.3 is 0 Å². The molecule has 0 unspecified atom stereocenters. The Morgan fingerprint density at radius 1 is 1.47 bits per heavy atom. The molecule has 0 saturated carbocycles. The van der Waals surface area contributed by atoms with Gasteiger partial charge in [0.2, 0.25) is 0 Å². The summed E-state index contributed by atoms with van der Waals surface area (Å²) in [6.45, 7) is 1.46. The molecule has 0 radical (unpaired) electrons. The summed E-state index contributed by atoms with van der Waals surface area (Å²) in [6.07, 6.45) is -4.53. The molecular formula is C8H5F3N2OS. The number of fused-ring (bicyclic) bond motifs is 1. The minimum atomic E-state index is -4.53. The lowest BCUT2D eigenvalue weighted by Crippen LogP contribution is -2.11. The molecule has 80 valence electrons. The number of rotatable bonds is 0. The van der Waals surface area contributed by atoms with Gasteiger partial charge in [-0.25, -0.2) is 4.98 Å². The number of nitrogens with zero attached hydrogens (tertiary/aromatic N) is 1. The van der Waals surface area contributed by atoms with E-state index in [1.807, 2.05) is 0 Å². The Hall–Kier alpha value is -1.37. The highest BCUT2D eigenvalue weighted by Crippen LogP contribution is 2.33. The molecule has 2 rings (SSSR count). The molecule has 0 aliphatic heterocycles. The normalized spacial score (nSPS) is 12.3. The summed E-state index contributed by atoms with van der Waals surface area (Å²) in [5, 5.41) is -0.377. The van der Waals surface area contributed by atoms with Crippen LogP contribution in [-0.2, 0) is 6.18 Å². The molecule has 0 bridgehead atoms. The largest absolute Gasteiger partial charge is 0.417 e. The summed E-state index contributed by atoms with van der Waals surface area (Å²) in [7, 11) is 0. The summed E-state index contributed by atoms with van der Waals surface area (Å²) in [5.41, 5.74) is -1.42. The van der Waals surface area contributed by atoms with E-state index in [2.05, 4.69) is 9.36 Å². The van der Waals surface area contributed by atoms with E-state index in [1.165, 1.54) is 6.92 Å². The van der Waals surface area contributed by atoms with Crippen LogP contribution in [0.3, 0.4) is 0 Å². The van der Waals surface area contributed by atoms with E-state index in [-0.39, 0.29) is 15.9 Å². The van der Waals surface area contributed by atoms with Gasteiger partial charge in [-0.2, -0.15) is 13.2 Å². The van der Waals surface area contributed by atoms with Crippen molar-refractivity contribution in [3.8, 4) is 0 Å². The summed E-state index contributed by atoms with van der Waals surface area (Å²) in [5.74, 6) is 0. The predicted octanol–water partition coefficient (Wildman–Crippen LogP) is 2.31. The molecule has 0 aromatic carbocycles. The molecule has 7 heteroatoms. The molecule has 0 aliphatic rings. The van der Waals surface area contributed by atoms with Crippen LogP contribution in [0, 0.1) is 6.92 Å². The number of pyridine rings is 1. The van der Waals surface area contributed by atoms with Crippen LogP contribution in [-0.4, -0.2) is 9.36 Å². The Bertz CT molecular complexity index is 569. The average molecular weight is 234 g/mol. The summed E-state index contributed by atoms with van der Waals surface area (Å²) in [4.78, 5) is 15.1. The van der Waals surface area contributed by atoms with Crippen LogP contribution in [0.4, 0.5) is 13.2 Å². The minimum absolute atomic E-state index is 0.0901. The molecule has 1 N–H and O–H groups in total. The number of alkyl halides is 3. The highest BCUT2D eigenvalue weighted by atomic mass is 32.1. The average Bonchev–Trinajstić information content (AvgIpc) is 2.44. The van der Waals surface area contributed by atoms with Gasteiger partial charge in [0.1, 0.15) is 4.83 Å². The lowest BCUT2D eigenvalue weighted by atomic mass is 10.1. The van der Waals surface area contributed by atoms with Gasteiger partial charge in [-0.15, -0.1) is 0 Å². The standard InChI is InChI=1S/C8H5F3N2OS/c1-3-2-4(8(9,10)11)5-6(14)13-15-7(5)12-3/h2H,1H3,(H,13,14). The SMILES string of the molecule is Cc1cc(C(F)(F)F)c2c(=O)[nH]sc2n1. The van der Waals surface area contributed by atoms with Crippen LogP contribution in [0.5, 0.6) is 0 Å². The topological polar surface area (TPSA) is 45.8 Å². The van der Waals surface area contributed by atoms with Gasteiger partial charge in [0.05, 0.1) is 10.9 Å². The number of hydrogen-bond donors (Lipinski definition) is 1. The first-order valence-corrected chi connectivity index (χ1v) is 4.77. The first-order chi connectivity index (χ1) is 6.89. The molecule has 2 heterocycles. The van der Waals surface area contributed by atoms with Crippen molar-refractivity contribution >= 4 is 21.7 Å². The third-order valence-corrected chi connectivity index (χ3v) is 2.66. The minimum Gasteiger partial charge on any atom is -0.275 e. The van der Waals surface area contributed by atoms with E-state index in [9.17, 15) is 18.0 Å². The van der Waals surface area contributed by atoms with Crippen molar-refractivity contribution in [3.05, 3.63) is 27.7 Å². The third-order valence-electron chi connectivity index (χ3n) is 1.89. The lowest BCUT2D eigenvalue weighted by Gasteiger charge is -2.07. The predicted molar refractivity (Wildman–Crippen MR) is 50.0 cm³/mol. The van der Waals surface area contributed by atoms with Crippen LogP contribution < -0.4 is 5.56 Å². The molecule has 2 aromatic heterocycles. The van der Waals surface area contributed by atoms with Gasteiger partial charge in [0.25, 0.3) is 5.56 Å². The fourth-order valence-electron chi connectivity index (χ4n) is 1.31. The zero-order chi connectivity index (χ0) is 11.2. The first kappa shape index (κ1) is 10.2. The van der Waals surface area contributed by atoms with Crippen molar-refractivity contribution in [2.75, 3.05) is 0 Å². The van der Waals surface area contributed by atoms with E-state index >= 15 is 0 Å². The highest BCUT2D eigenvalue weighted by molar-refractivity contribution is 7.12. The molecule has 0 amide bonds. The maximum absolute atomic E-state index is 12.6. The van der Waals surface area contributed by atoms with Crippen molar-refractivity contribution in [3.63, 3.8) is 0 Å². The smallest absolute Gasteiger partial charge is 0.275 e. The quantitative estimate of drug-likeness (QED) is 0.760. The van der Waals surface area contributed by atoms with Gasteiger partial charge in [-0.05, 0) is 24.5 Å². The fraction of sp³-hybridized carbons (Fsp3) is 0.250. The number of halogens is 3. The van der Waals surface area contributed by atoms with E-state index in [1.54, 1.807) is 0 Å². The van der Waals surface area contributed by atoms with Crippen LogP contribution >= 0.6 is 11.5 Å². The molecule has 2 aromatic rings. The number of hydrogen-bond acceptors (Lipinski definition) is 3. The first-order valence-electron chi connectivity index (χ1n) is 3.95. The van der Waals surface area contributed by atoms with Gasteiger partial charge in [0, 0.05) is 5.69 Å². The molecule has 0 fully saturated rings. The molecular weight excluding hydrogens is 229 g/mol. The van der Waals surface area contributed by atoms with E-state index in [4.69, 9.17) is 0 Å². The van der Waals surface area contributed by atoms with Crippen LogP contribution in [0.1, 0.15) is 11.3 Å². The Kier molecular flexibility index (Phi) is 2.07. The van der Waals surface area contributed by atoms with Gasteiger partial charge in [-0.3, -0.25) is 9.17 Å². The number of H-pyrrole nitrogens is 1. The number of aromatic nitrogens is 2. The highest BCUT2D eigenvalue weighted by Gasteiger charge is 2.34. The molecule has 15 heavy (non-hydrogen) atoms. The maximum atomic E-state index is 12.6. The van der Waals surface area contributed by atoms with Gasteiger partial charge in [-0.1, -0.05) is 0 Å². The monoisotopic (exact) mass is 234 g/mol. The summed E-state index contributed by atoms with van der Waals surface area (Å²) in [6, 6.07) is 0.879. The second kappa shape index (κ2) is 3.06. The molecule has 0 saturated heterocycles. The Morgan fingerprint density at radius 2 is 2.13 bits per heavy atom. The van der Waals surface area contributed by atoms with E-state index in [0.29, 0.717) is 0 Å². The Morgan fingerprint density at radius 3 is 2.73 bits per heavy atom. The second-order valence-electron chi connectivity index (χ2n) is 3.02. The second-order valence-corrected chi connectivity index (χ2v) is 3.82. The summed E-state index contributed by atoms with van der Waals surface area (Å²) >= 11 is 0.810. The van der Waals surface area contributed by atoms with Crippen LogP contribution in [0.25, 0.3) is 10.2 Å². The van der Waals surface area contributed by atoms with Crippen molar-refractivity contribution in [2.24, 2.45) is 0 Å². The number of aromatic amines is 1. The molecule has 3 nitrogen and oxygen atoms in total. The lowest BCUT2D eigenvalue weighted by molar-refractivity contribution is -0.136. The third kappa shape index (κ3) is 1.63. The van der Waals surface area contributed by atoms with Crippen molar-refractivity contribution in [2.45, 2.75) is 13.1 Å². The van der Waals surface area contributed by atoms with Crippen molar-refractivity contribution < 1.29 is 13.2 Å². The fourth-order valence-corrected chi connectivity index (χ4v) is 2.09. The zero-order valence-electron chi connectivity index (χ0n) is 7.47. The van der Waals surface area contributed by atoms with Gasteiger partial charge in [0.15, 0.2) is 0 Å². The molecule has 0 atom stereocenters. The van der Waals surface area contributed by atoms with Gasteiger partial charge >= 0.3 is 6.18 Å². The Balaban J connectivity index is 2.93. The molecule has 0 spiro atoms. The maximum Gasteiger partial charge on any atom is 0.417 e. The van der Waals surface area contributed by atoms with Crippen molar-refractivity contribution in [1.82, 2.24) is 9.36 Å². The van der Waals surface area contributed by atoms with Crippen LogP contribution in [0.2, 0.25) is 0 Å². The number of nitrogens with one attached hydrogen (secondary N) is 1. The van der Waals surface area contributed by atoms with E-state index in [0.717, 1.165) is 17.6 Å². The van der Waals surface area contributed by atoms with Crippen LogP contribution in [0.15, 0.2) is 10.9 Å².